The van der Waals surface area contributed by atoms with Gasteiger partial charge < -0.3 is 9.47 Å². The topological polar surface area (TPSA) is 72.9 Å². The summed E-state index contributed by atoms with van der Waals surface area (Å²) in [5.74, 6) is -1.33. The molecule has 130 valence electrons. The quantitative estimate of drug-likeness (QED) is 0.471. The second kappa shape index (κ2) is 8.65. The Labute approximate surface area is 150 Å². The monoisotopic (exact) mass is 437 g/mol. The van der Waals surface area contributed by atoms with Gasteiger partial charge in [0.25, 0.3) is 0 Å². The number of amides is 2. The number of nitrogens with zero attached hydrogens (tertiary/aromatic N) is 1. The predicted molar refractivity (Wildman–Crippen MR) is 93.9 cm³/mol. The summed E-state index contributed by atoms with van der Waals surface area (Å²) in [5, 5.41) is 0. The third kappa shape index (κ3) is 4.68. The zero-order valence-corrected chi connectivity index (χ0v) is 16.3. The minimum Gasteiger partial charge on any atom is -0.457 e. The standard InChI is InChI=1S/C16H24INO5/c1-6-13(19)23-14(10(4)7-17)11(5)15(20)18-12(9(2)3)8-22-16(18)21/h7,9,11-12,14H,6,8H2,1-5H3/b10-7+/t11-,12-,14-/m1/s1. The van der Waals surface area contributed by atoms with Crippen LogP contribution in [-0.2, 0) is 19.1 Å². The third-order valence-electron chi connectivity index (χ3n) is 3.92. The van der Waals surface area contributed by atoms with Crippen LogP contribution in [0.4, 0.5) is 4.79 Å². The molecule has 7 heteroatoms. The molecule has 1 aliphatic rings. The van der Waals surface area contributed by atoms with Crippen LogP contribution in [0.3, 0.4) is 0 Å². The number of carbonyl (C=O) groups excluding carboxylic acids is 3. The Bertz CT molecular complexity index is 503. The number of hydrogen-bond donors (Lipinski definition) is 0. The summed E-state index contributed by atoms with van der Waals surface area (Å²) in [7, 11) is 0. The normalized spacial score (nSPS) is 21.2. The first kappa shape index (κ1) is 19.9. The van der Waals surface area contributed by atoms with Gasteiger partial charge in [-0.1, -0.05) is 43.4 Å². The number of hydrogen-bond acceptors (Lipinski definition) is 5. The van der Waals surface area contributed by atoms with Gasteiger partial charge in [-0.15, -0.1) is 0 Å². The van der Waals surface area contributed by atoms with E-state index in [1.54, 1.807) is 24.9 Å². The Morgan fingerprint density at radius 2 is 2.04 bits per heavy atom. The van der Waals surface area contributed by atoms with Crippen molar-refractivity contribution in [1.29, 1.82) is 0 Å². The Balaban J connectivity index is 3.02. The van der Waals surface area contributed by atoms with E-state index in [-0.39, 0.29) is 36.9 Å². The molecule has 0 aliphatic carbocycles. The first-order valence-electron chi connectivity index (χ1n) is 7.70. The minimum absolute atomic E-state index is 0.0930. The van der Waals surface area contributed by atoms with E-state index in [2.05, 4.69) is 0 Å². The van der Waals surface area contributed by atoms with E-state index in [1.165, 1.54) is 4.90 Å². The molecule has 0 N–H and O–H groups in total. The number of carbonyl (C=O) groups is 3. The van der Waals surface area contributed by atoms with E-state index in [0.717, 1.165) is 5.57 Å². The maximum atomic E-state index is 12.8. The van der Waals surface area contributed by atoms with Crippen LogP contribution in [0.5, 0.6) is 0 Å². The van der Waals surface area contributed by atoms with Gasteiger partial charge in [0.2, 0.25) is 5.91 Å². The molecule has 1 rings (SSSR count). The molecular formula is C16H24INO5. The Morgan fingerprint density at radius 3 is 2.52 bits per heavy atom. The van der Waals surface area contributed by atoms with Crippen LogP contribution >= 0.6 is 22.6 Å². The smallest absolute Gasteiger partial charge is 0.416 e. The first-order chi connectivity index (χ1) is 10.7. The molecule has 0 bridgehead atoms. The van der Waals surface area contributed by atoms with Crippen molar-refractivity contribution in [1.82, 2.24) is 4.90 Å². The van der Waals surface area contributed by atoms with Gasteiger partial charge >= 0.3 is 12.1 Å². The molecule has 1 heterocycles. The van der Waals surface area contributed by atoms with Gasteiger partial charge in [0.1, 0.15) is 12.7 Å². The fourth-order valence-corrected chi connectivity index (χ4v) is 2.76. The molecule has 1 fully saturated rings. The molecule has 0 radical (unpaired) electrons. The molecule has 1 aliphatic heterocycles. The van der Waals surface area contributed by atoms with Gasteiger partial charge in [-0.05, 0) is 29.4 Å². The van der Waals surface area contributed by atoms with Gasteiger partial charge in [0.05, 0.1) is 12.0 Å². The van der Waals surface area contributed by atoms with Crippen molar-refractivity contribution in [3.63, 3.8) is 0 Å². The van der Waals surface area contributed by atoms with Crippen LogP contribution in [0.2, 0.25) is 0 Å². The maximum Gasteiger partial charge on any atom is 0.416 e. The highest BCUT2D eigenvalue weighted by atomic mass is 127. The number of imide groups is 1. The molecule has 0 unspecified atom stereocenters. The highest BCUT2D eigenvalue weighted by Crippen LogP contribution is 2.26. The van der Waals surface area contributed by atoms with E-state index in [4.69, 9.17) is 9.47 Å². The number of cyclic esters (lactones) is 1. The summed E-state index contributed by atoms with van der Waals surface area (Å²) in [6.07, 6.45) is -1.09. The van der Waals surface area contributed by atoms with E-state index >= 15 is 0 Å². The zero-order chi connectivity index (χ0) is 17.7. The summed E-state index contributed by atoms with van der Waals surface area (Å²) in [5.41, 5.74) is 0.766. The minimum atomic E-state index is -0.687. The van der Waals surface area contributed by atoms with Crippen molar-refractivity contribution < 1.29 is 23.9 Å². The lowest BCUT2D eigenvalue weighted by Gasteiger charge is -2.29. The molecular weight excluding hydrogens is 413 g/mol. The van der Waals surface area contributed by atoms with Crippen molar-refractivity contribution in [3.05, 3.63) is 9.66 Å². The van der Waals surface area contributed by atoms with Crippen LogP contribution in [0.1, 0.15) is 41.0 Å². The van der Waals surface area contributed by atoms with E-state index in [1.807, 2.05) is 36.4 Å². The average Bonchev–Trinajstić information content (AvgIpc) is 2.91. The fourth-order valence-electron chi connectivity index (χ4n) is 2.41. The van der Waals surface area contributed by atoms with Crippen LogP contribution in [0.25, 0.3) is 0 Å². The number of rotatable bonds is 6. The first-order valence-corrected chi connectivity index (χ1v) is 8.95. The van der Waals surface area contributed by atoms with Crippen molar-refractivity contribution in [2.24, 2.45) is 11.8 Å². The second-order valence-corrected chi connectivity index (χ2v) is 6.63. The lowest BCUT2D eigenvalue weighted by molar-refractivity contribution is -0.152. The molecule has 23 heavy (non-hydrogen) atoms. The SMILES string of the molecule is CCC(=O)O[C@H](/C(C)=C/I)[C@@H](C)C(=O)N1C(=O)OC[C@@H]1C(C)C. The molecule has 1 saturated heterocycles. The highest BCUT2D eigenvalue weighted by Gasteiger charge is 2.43. The predicted octanol–water partition coefficient (Wildman–Crippen LogP) is 3.29. The van der Waals surface area contributed by atoms with Crippen molar-refractivity contribution >= 4 is 40.6 Å². The Hall–Kier alpha value is -1.12. The number of esters is 1. The molecule has 0 spiro atoms. The molecule has 3 atom stereocenters. The largest absolute Gasteiger partial charge is 0.457 e. The number of ether oxygens (including phenoxy) is 2. The summed E-state index contributed by atoms with van der Waals surface area (Å²) >= 11 is 2.04. The van der Waals surface area contributed by atoms with Crippen LogP contribution in [0.15, 0.2) is 9.66 Å². The molecule has 0 aromatic heterocycles. The van der Waals surface area contributed by atoms with Gasteiger partial charge in [0.15, 0.2) is 0 Å². The number of halogens is 1. The van der Waals surface area contributed by atoms with E-state index in [9.17, 15) is 14.4 Å². The van der Waals surface area contributed by atoms with Gasteiger partial charge in [-0.3, -0.25) is 9.59 Å². The van der Waals surface area contributed by atoms with E-state index in [0.29, 0.717) is 0 Å². The van der Waals surface area contributed by atoms with Gasteiger partial charge in [-0.25, -0.2) is 9.69 Å². The van der Waals surface area contributed by atoms with Gasteiger partial charge in [-0.2, -0.15) is 0 Å². The van der Waals surface area contributed by atoms with Gasteiger partial charge in [0, 0.05) is 6.42 Å². The van der Waals surface area contributed by atoms with Crippen molar-refractivity contribution in [2.45, 2.75) is 53.2 Å². The Morgan fingerprint density at radius 1 is 1.43 bits per heavy atom. The summed E-state index contributed by atoms with van der Waals surface area (Å²) in [4.78, 5) is 37.6. The molecule has 6 nitrogen and oxygen atoms in total. The molecule has 0 saturated carbocycles. The lowest BCUT2D eigenvalue weighted by Crippen LogP contribution is -2.47. The molecule has 0 aromatic carbocycles. The summed E-state index contributed by atoms with van der Waals surface area (Å²) in [6, 6.07) is -0.288. The fraction of sp³-hybridized carbons (Fsp3) is 0.688. The van der Waals surface area contributed by atoms with Crippen LogP contribution < -0.4 is 0 Å². The second-order valence-electron chi connectivity index (χ2n) is 6.00. The Kier molecular flexibility index (Phi) is 7.50. The molecule has 0 aromatic rings. The third-order valence-corrected chi connectivity index (χ3v) is 4.91. The zero-order valence-electron chi connectivity index (χ0n) is 14.2. The molecule has 2 amide bonds. The highest BCUT2D eigenvalue weighted by molar-refractivity contribution is 14.1. The van der Waals surface area contributed by atoms with Crippen molar-refractivity contribution in [3.8, 4) is 0 Å². The lowest BCUT2D eigenvalue weighted by atomic mass is 9.95. The van der Waals surface area contributed by atoms with Crippen LogP contribution in [-0.4, -0.2) is 41.6 Å². The summed E-state index contributed by atoms with van der Waals surface area (Å²) < 4.78 is 12.2. The van der Waals surface area contributed by atoms with Crippen LogP contribution in [0, 0.1) is 11.8 Å². The summed E-state index contributed by atoms with van der Waals surface area (Å²) in [6.45, 7) is 9.23. The van der Waals surface area contributed by atoms with E-state index < -0.39 is 18.1 Å². The maximum absolute atomic E-state index is 12.8. The average molecular weight is 437 g/mol. The van der Waals surface area contributed by atoms with Crippen molar-refractivity contribution in [2.75, 3.05) is 6.61 Å².